The molecular formula is C21H21NO4S. The highest BCUT2D eigenvalue weighted by atomic mass is 32.1. The van der Waals surface area contributed by atoms with Crippen LogP contribution in [0.5, 0.6) is 17.2 Å². The first kappa shape index (κ1) is 18.9. The molecule has 0 radical (unpaired) electrons. The summed E-state index contributed by atoms with van der Waals surface area (Å²) in [5, 5.41) is 11.2. The van der Waals surface area contributed by atoms with Crippen molar-refractivity contribution in [2.45, 2.75) is 26.2 Å². The van der Waals surface area contributed by atoms with E-state index in [-0.39, 0.29) is 11.1 Å². The molecule has 3 aromatic rings. The van der Waals surface area contributed by atoms with Crippen molar-refractivity contribution >= 4 is 17.3 Å². The van der Waals surface area contributed by atoms with Gasteiger partial charge in [-0.1, -0.05) is 20.8 Å². The van der Waals surface area contributed by atoms with E-state index in [1.165, 1.54) is 16.7 Å². The highest BCUT2D eigenvalue weighted by molar-refractivity contribution is 7.13. The van der Waals surface area contributed by atoms with Crippen molar-refractivity contribution < 1.29 is 19.4 Å². The molecule has 0 bridgehead atoms. The Morgan fingerprint density at radius 2 is 1.74 bits per heavy atom. The molecule has 0 aliphatic heterocycles. The van der Waals surface area contributed by atoms with E-state index in [1.54, 1.807) is 7.11 Å². The minimum Gasteiger partial charge on any atom is -0.497 e. The first-order chi connectivity index (χ1) is 12.8. The van der Waals surface area contributed by atoms with E-state index in [0.29, 0.717) is 10.8 Å². The standard InChI is InChI=1S/C21H21NO4S/c1-21(2,3)16-11-15(25-4)9-10-18(16)26-14-7-5-13(6-8-14)19-22-17(12-27-19)20(23)24/h5-12H,1-4H3,(H,23,24). The van der Waals surface area contributed by atoms with Gasteiger partial charge in [0.15, 0.2) is 5.69 Å². The molecule has 6 heteroatoms. The second-order valence-corrected chi connectivity index (χ2v) is 7.94. The molecule has 0 unspecified atom stereocenters. The number of hydrogen-bond acceptors (Lipinski definition) is 5. The zero-order valence-electron chi connectivity index (χ0n) is 15.6. The SMILES string of the molecule is COc1ccc(Oc2ccc(-c3nc(C(=O)O)cs3)cc2)c(C(C)(C)C)c1. The fourth-order valence-electron chi connectivity index (χ4n) is 2.61. The Labute approximate surface area is 162 Å². The molecule has 0 saturated heterocycles. The van der Waals surface area contributed by atoms with E-state index < -0.39 is 5.97 Å². The van der Waals surface area contributed by atoms with E-state index in [0.717, 1.165) is 22.6 Å². The van der Waals surface area contributed by atoms with E-state index in [4.69, 9.17) is 14.6 Å². The van der Waals surface area contributed by atoms with Crippen LogP contribution in [-0.4, -0.2) is 23.2 Å². The predicted octanol–water partition coefficient (Wildman–Crippen LogP) is 5.61. The third kappa shape index (κ3) is 4.28. The summed E-state index contributed by atoms with van der Waals surface area (Å²) in [5.74, 6) is 1.25. The second-order valence-electron chi connectivity index (χ2n) is 7.08. The van der Waals surface area contributed by atoms with Gasteiger partial charge in [0.05, 0.1) is 7.11 Å². The number of ether oxygens (including phenoxy) is 2. The summed E-state index contributed by atoms with van der Waals surface area (Å²) < 4.78 is 11.4. The van der Waals surface area contributed by atoms with Crippen LogP contribution in [0.4, 0.5) is 0 Å². The van der Waals surface area contributed by atoms with Crippen molar-refractivity contribution in [1.82, 2.24) is 4.98 Å². The largest absolute Gasteiger partial charge is 0.497 e. The summed E-state index contributed by atoms with van der Waals surface area (Å²) >= 11 is 1.30. The summed E-state index contributed by atoms with van der Waals surface area (Å²) in [7, 11) is 1.65. The summed E-state index contributed by atoms with van der Waals surface area (Å²) in [6.45, 7) is 6.38. The van der Waals surface area contributed by atoms with Gasteiger partial charge in [0.1, 0.15) is 22.3 Å². The van der Waals surface area contributed by atoms with Crippen molar-refractivity contribution in [2.24, 2.45) is 0 Å². The second kappa shape index (κ2) is 7.40. The van der Waals surface area contributed by atoms with Crippen LogP contribution in [0.15, 0.2) is 47.8 Å². The van der Waals surface area contributed by atoms with Crippen LogP contribution in [0.3, 0.4) is 0 Å². The van der Waals surface area contributed by atoms with E-state index in [2.05, 4.69) is 25.8 Å². The Morgan fingerprint density at radius 3 is 2.30 bits per heavy atom. The molecule has 1 aromatic heterocycles. The van der Waals surface area contributed by atoms with Crippen molar-refractivity contribution in [3.8, 4) is 27.8 Å². The normalized spacial score (nSPS) is 11.3. The third-order valence-corrected chi connectivity index (χ3v) is 4.94. The van der Waals surface area contributed by atoms with Gasteiger partial charge in [0, 0.05) is 16.5 Å². The van der Waals surface area contributed by atoms with Gasteiger partial charge < -0.3 is 14.6 Å². The number of carboxylic acid groups (broad SMARTS) is 1. The van der Waals surface area contributed by atoms with Crippen LogP contribution in [-0.2, 0) is 5.41 Å². The minimum atomic E-state index is -1.02. The number of benzene rings is 2. The molecule has 0 fully saturated rings. The van der Waals surface area contributed by atoms with Gasteiger partial charge in [0.25, 0.3) is 0 Å². The fraction of sp³-hybridized carbons (Fsp3) is 0.238. The fourth-order valence-corrected chi connectivity index (χ4v) is 3.41. The van der Waals surface area contributed by atoms with Gasteiger partial charge in [-0.05, 0) is 47.9 Å². The summed E-state index contributed by atoms with van der Waals surface area (Å²) in [5.41, 5.74) is 1.86. The van der Waals surface area contributed by atoms with Crippen molar-refractivity contribution in [3.05, 3.63) is 59.1 Å². The molecule has 0 amide bonds. The van der Waals surface area contributed by atoms with Crippen molar-refractivity contribution in [3.63, 3.8) is 0 Å². The Kier molecular flexibility index (Phi) is 5.19. The van der Waals surface area contributed by atoms with Crippen LogP contribution < -0.4 is 9.47 Å². The molecule has 0 aliphatic rings. The van der Waals surface area contributed by atoms with Crippen molar-refractivity contribution in [1.29, 1.82) is 0 Å². The maximum absolute atomic E-state index is 11.0. The number of nitrogens with zero attached hydrogens (tertiary/aromatic N) is 1. The molecule has 2 aromatic carbocycles. The summed E-state index contributed by atoms with van der Waals surface area (Å²) in [4.78, 5) is 15.1. The van der Waals surface area contributed by atoms with E-state index in [9.17, 15) is 4.79 Å². The monoisotopic (exact) mass is 383 g/mol. The molecule has 140 valence electrons. The smallest absolute Gasteiger partial charge is 0.355 e. The van der Waals surface area contributed by atoms with Crippen LogP contribution in [0.1, 0.15) is 36.8 Å². The van der Waals surface area contributed by atoms with Crippen LogP contribution in [0.2, 0.25) is 0 Å². The van der Waals surface area contributed by atoms with Crippen LogP contribution >= 0.6 is 11.3 Å². The van der Waals surface area contributed by atoms with Gasteiger partial charge >= 0.3 is 5.97 Å². The molecular weight excluding hydrogens is 362 g/mol. The lowest BCUT2D eigenvalue weighted by molar-refractivity contribution is 0.0691. The van der Waals surface area contributed by atoms with Crippen LogP contribution in [0.25, 0.3) is 10.6 Å². The average molecular weight is 383 g/mol. The Bertz CT molecular complexity index is 955. The molecule has 0 atom stereocenters. The molecule has 0 aliphatic carbocycles. The number of rotatable bonds is 5. The number of thiazole rings is 1. The van der Waals surface area contributed by atoms with E-state index in [1.807, 2.05) is 42.5 Å². The molecule has 0 spiro atoms. The van der Waals surface area contributed by atoms with Gasteiger partial charge in [-0.2, -0.15) is 0 Å². The Hall–Kier alpha value is -2.86. The Morgan fingerprint density at radius 1 is 1.07 bits per heavy atom. The molecule has 0 saturated carbocycles. The van der Waals surface area contributed by atoms with Gasteiger partial charge in [0.2, 0.25) is 0 Å². The quantitative estimate of drug-likeness (QED) is 0.620. The lowest BCUT2D eigenvalue weighted by atomic mass is 9.86. The topological polar surface area (TPSA) is 68.7 Å². The zero-order valence-corrected chi connectivity index (χ0v) is 16.5. The van der Waals surface area contributed by atoms with E-state index >= 15 is 0 Å². The first-order valence-electron chi connectivity index (χ1n) is 8.43. The molecule has 27 heavy (non-hydrogen) atoms. The highest BCUT2D eigenvalue weighted by Gasteiger charge is 2.20. The third-order valence-electron chi connectivity index (χ3n) is 4.05. The number of carbonyl (C=O) groups is 1. The maximum Gasteiger partial charge on any atom is 0.355 e. The van der Waals surface area contributed by atoms with Crippen molar-refractivity contribution in [2.75, 3.05) is 7.11 Å². The molecule has 1 heterocycles. The summed E-state index contributed by atoms with van der Waals surface area (Å²) in [6.07, 6.45) is 0. The van der Waals surface area contributed by atoms with Crippen LogP contribution in [0, 0.1) is 0 Å². The van der Waals surface area contributed by atoms with Gasteiger partial charge in [-0.15, -0.1) is 11.3 Å². The number of methoxy groups -OCH3 is 1. The number of aromatic carboxylic acids is 1. The average Bonchev–Trinajstić information content (AvgIpc) is 3.12. The summed E-state index contributed by atoms with van der Waals surface area (Å²) in [6, 6.07) is 13.2. The lowest BCUT2D eigenvalue weighted by Gasteiger charge is -2.23. The molecule has 3 rings (SSSR count). The highest BCUT2D eigenvalue weighted by Crippen LogP contribution is 2.37. The lowest BCUT2D eigenvalue weighted by Crippen LogP contribution is -2.12. The molecule has 5 nitrogen and oxygen atoms in total. The zero-order chi connectivity index (χ0) is 19.6. The predicted molar refractivity (Wildman–Crippen MR) is 106 cm³/mol. The van der Waals surface area contributed by atoms with Gasteiger partial charge in [-0.25, -0.2) is 9.78 Å². The maximum atomic E-state index is 11.0. The van der Waals surface area contributed by atoms with Gasteiger partial charge in [-0.3, -0.25) is 0 Å². The number of carboxylic acids is 1. The molecule has 1 N–H and O–H groups in total. The first-order valence-corrected chi connectivity index (χ1v) is 9.31. The minimum absolute atomic E-state index is 0.0587. The Balaban J connectivity index is 1.85. The number of hydrogen-bond donors (Lipinski definition) is 1. The number of aromatic nitrogens is 1.